The molecule has 0 N–H and O–H groups in total. The van der Waals surface area contributed by atoms with Crippen LogP contribution in [-0.4, -0.2) is 29.2 Å². The van der Waals surface area contributed by atoms with Crippen LogP contribution >= 0.6 is 0 Å². The van der Waals surface area contributed by atoms with Crippen molar-refractivity contribution in [2.45, 2.75) is 19.4 Å². The summed E-state index contributed by atoms with van der Waals surface area (Å²) < 4.78 is 5.81. The molecule has 5 heteroatoms. The summed E-state index contributed by atoms with van der Waals surface area (Å²) in [7, 11) is 0. The number of benzene rings is 1. The number of aryl methyl sites for hydroxylation is 1. The molecule has 1 aromatic heterocycles. The van der Waals surface area contributed by atoms with E-state index in [4.69, 9.17) is 10.00 Å². The standard InChI is InChI=1S/C16H16N4O/c1-12-9-18-16(19-10-12)21-15-6-7-20(11-15)14-4-2-13(8-17)3-5-14/h2-5,9-10,15H,6-7,11H2,1H3. The van der Waals surface area contributed by atoms with E-state index in [1.807, 2.05) is 31.2 Å². The fraction of sp³-hybridized carbons (Fsp3) is 0.312. The van der Waals surface area contributed by atoms with Crippen molar-refractivity contribution in [1.29, 1.82) is 5.26 Å². The van der Waals surface area contributed by atoms with Gasteiger partial charge >= 0.3 is 6.01 Å². The van der Waals surface area contributed by atoms with Crippen LogP contribution in [0.3, 0.4) is 0 Å². The Morgan fingerprint density at radius 1 is 1.24 bits per heavy atom. The van der Waals surface area contributed by atoms with Crippen molar-refractivity contribution in [1.82, 2.24) is 9.97 Å². The van der Waals surface area contributed by atoms with Gasteiger partial charge in [0.25, 0.3) is 0 Å². The molecule has 3 rings (SSSR count). The highest BCUT2D eigenvalue weighted by molar-refractivity contribution is 5.50. The predicted molar refractivity (Wildman–Crippen MR) is 79.2 cm³/mol. The molecule has 2 aromatic rings. The summed E-state index contributed by atoms with van der Waals surface area (Å²) in [5.41, 5.74) is 2.82. The molecule has 2 heterocycles. The van der Waals surface area contributed by atoms with Crippen molar-refractivity contribution < 1.29 is 4.74 Å². The van der Waals surface area contributed by atoms with E-state index in [2.05, 4.69) is 20.9 Å². The lowest BCUT2D eigenvalue weighted by molar-refractivity contribution is 0.206. The quantitative estimate of drug-likeness (QED) is 0.863. The van der Waals surface area contributed by atoms with Crippen LogP contribution < -0.4 is 9.64 Å². The van der Waals surface area contributed by atoms with Crippen LogP contribution in [0.4, 0.5) is 5.69 Å². The van der Waals surface area contributed by atoms with E-state index in [0.717, 1.165) is 30.8 Å². The highest BCUT2D eigenvalue weighted by atomic mass is 16.5. The Kier molecular flexibility index (Phi) is 3.69. The van der Waals surface area contributed by atoms with Crippen molar-refractivity contribution in [3.05, 3.63) is 47.8 Å². The van der Waals surface area contributed by atoms with Crippen LogP contribution in [0.15, 0.2) is 36.7 Å². The fourth-order valence-corrected chi connectivity index (χ4v) is 2.40. The molecule has 1 fully saturated rings. The molecule has 0 radical (unpaired) electrons. The van der Waals surface area contributed by atoms with Crippen LogP contribution in [0.1, 0.15) is 17.5 Å². The molecule has 1 unspecified atom stereocenters. The molecule has 21 heavy (non-hydrogen) atoms. The molecule has 106 valence electrons. The first-order valence-corrected chi connectivity index (χ1v) is 6.95. The van der Waals surface area contributed by atoms with Crippen LogP contribution in [-0.2, 0) is 0 Å². The molecule has 0 spiro atoms. The lowest BCUT2D eigenvalue weighted by Crippen LogP contribution is -2.25. The number of hydrogen-bond acceptors (Lipinski definition) is 5. The number of ether oxygens (including phenoxy) is 1. The first-order valence-electron chi connectivity index (χ1n) is 6.95. The minimum absolute atomic E-state index is 0.100. The van der Waals surface area contributed by atoms with Crippen molar-refractivity contribution in [3.8, 4) is 12.1 Å². The summed E-state index contributed by atoms with van der Waals surface area (Å²) in [6, 6.07) is 10.2. The van der Waals surface area contributed by atoms with E-state index in [0.29, 0.717) is 11.6 Å². The van der Waals surface area contributed by atoms with Gasteiger partial charge in [0.1, 0.15) is 6.10 Å². The summed E-state index contributed by atoms with van der Waals surface area (Å²) >= 11 is 0. The van der Waals surface area contributed by atoms with Gasteiger partial charge in [0.2, 0.25) is 0 Å². The zero-order chi connectivity index (χ0) is 14.7. The summed E-state index contributed by atoms with van der Waals surface area (Å²) in [6.45, 7) is 3.69. The zero-order valence-electron chi connectivity index (χ0n) is 11.9. The summed E-state index contributed by atoms with van der Waals surface area (Å²) in [4.78, 5) is 10.6. The molecule has 0 aliphatic carbocycles. The molecule has 0 saturated carbocycles. The number of hydrogen-bond donors (Lipinski definition) is 0. The number of nitriles is 1. The third kappa shape index (κ3) is 3.11. The second-order valence-electron chi connectivity index (χ2n) is 5.18. The normalized spacial score (nSPS) is 17.5. The lowest BCUT2D eigenvalue weighted by Gasteiger charge is -2.18. The largest absolute Gasteiger partial charge is 0.458 e. The molecule has 1 atom stereocenters. The molecule has 1 aliphatic rings. The van der Waals surface area contributed by atoms with E-state index >= 15 is 0 Å². The van der Waals surface area contributed by atoms with Crippen molar-refractivity contribution in [3.63, 3.8) is 0 Å². The topological polar surface area (TPSA) is 62.0 Å². The Morgan fingerprint density at radius 2 is 1.95 bits per heavy atom. The van der Waals surface area contributed by atoms with E-state index in [-0.39, 0.29) is 6.10 Å². The molecule has 5 nitrogen and oxygen atoms in total. The van der Waals surface area contributed by atoms with E-state index in [1.54, 1.807) is 12.4 Å². The average molecular weight is 280 g/mol. The summed E-state index contributed by atoms with van der Waals surface area (Å²) in [5, 5.41) is 8.82. The van der Waals surface area contributed by atoms with Crippen LogP contribution in [0.25, 0.3) is 0 Å². The molecular weight excluding hydrogens is 264 g/mol. The van der Waals surface area contributed by atoms with Crippen molar-refractivity contribution in [2.75, 3.05) is 18.0 Å². The van der Waals surface area contributed by atoms with Gasteiger partial charge in [-0.25, -0.2) is 9.97 Å². The Morgan fingerprint density at radius 3 is 2.62 bits per heavy atom. The van der Waals surface area contributed by atoms with Gasteiger partial charge in [-0.1, -0.05) is 0 Å². The van der Waals surface area contributed by atoms with E-state index in [1.165, 1.54) is 0 Å². The first-order chi connectivity index (χ1) is 10.2. The van der Waals surface area contributed by atoms with Crippen LogP contribution in [0.2, 0.25) is 0 Å². The maximum atomic E-state index is 8.82. The maximum absolute atomic E-state index is 8.82. The maximum Gasteiger partial charge on any atom is 0.316 e. The third-order valence-corrected chi connectivity index (χ3v) is 3.54. The monoisotopic (exact) mass is 280 g/mol. The summed E-state index contributed by atoms with van der Waals surface area (Å²) in [5.74, 6) is 0. The minimum atomic E-state index is 0.100. The van der Waals surface area contributed by atoms with Crippen LogP contribution in [0, 0.1) is 18.3 Å². The van der Waals surface area contributed by atoms with Crippen molar-refractivity contribution in [2.24, 2.45) is 0 Å². The van der Waals surface area contributed by atoms with Gasteiger partial charge in [-0.3, -0.25) is 0 Å². The molecule has 0 bridgehead atoms. The molecule has 1 saturated heterocycles. The highest BCUT2D eigenvalue weighted by Crippen LogP contribution is 2.22. The smallest absolute Gasteiger partial charge is 0.316 e. The molecule has 0 amide bonds. The molecule has 1 aliphatic heterocycles. The van der Waals surface area contributed by atoms with Gasteiger partial charge in [-0.15, -0.1) is 0 Å². The fourth-order valence-electron chi connectivity index (χ4n) is 2.40. The van der Waals surface area contributed by atoms with Crippen molar-refractivity contribution >= 4 is 5.69 Å². The zero-order valence-corrected chi connectivity index (χ0v) is 11.9. The first kappa shape index (κ1) is 13.4. The molecular formula is C16H16N4O. The third-order valence-electron chi connectivity index (χ3n) is 3.54. The van der Waals surface area contributed by atoms with Gasteiger partial charge in [0.15, 0.2) is 0 Å². The Bertz CT molecular complexity index is 645. The Balaban J connectivity index is 1.62. The molecule has 1 aromatic carbocycles. The Hall–Kier alpha value is -2.61. The van der Waals surface area contributed by atoms with E-state index < -0.39 is 0 Å². The number of anilines is 1. The predicted octanol–water partition coefficient (Wildman–Crippen LogP) is 2.31. The second-order valence-corrected chi connectivity index (χ2v) is 5.18. The van der Waals surface area contributed by atoms with Gasteiger partial charge in [0, 0.05) is 31.0 Å². The minimum Gasteiger partial charge on any atom is -0.458 e. The second kappa shape index (κ2) is 5.80. The van der Waals surface area contributed by atoms with Gasteiger partial charge in [-0.2, -0.15) is 5.26 Å². The highest BCUT2D eigenvalue weighted by Gasteiger charge is 2.24. The number of aromatic nitrogens is 2. The average Bonchev–Trinajstić information content (AvgIpc) is 2.98. The summed E-state index contributed by atoms with van der Waals surface area (Å²) in [6.07, 6.45) is 4.56. The SMILES string of the molecule is Cc1cnc(OC2CCN(c3ccc(C#N)cc3)C2)nc1. The lowest BCUT2D eigenvalue weighted by atomic mass is 10.2. The number of rotatable bonds is 3. The number of nitrogens with zero attached hydrogens (tertiary/aromatic N) is 4. The van der Waals surface area contributed by atoms with Crippen LogP contribution in [0.5, 0.6) is 6.01 Å². The Labute approximate surface area is 123 Å². The van der Waals surface area contributed by atoms with Gasteiger partial charge in [-0.05, 0) is 36.8 Å². The van der Waals surface area contributed by atoms with Gasteiger partial charge < -0.3 is 9.64 Å². The van der Waals surface area contributed by atoms with E-state index in [9.17, 15) is 0 Å². The van der Waals surface area contributed by atoms with Gasteiger partial charge in [0.05, 0.1) is 18.2 Å².